The van der Waals surface area contributed by atoms with E-state index >= 15 is 0 Å². The number of methoxy groups -OCH3 is 2. The van der Waals surface area contributed by atoms with Crippen LogP contribution in [0.1, 0.15) is 17.0 Å². The van der Waals surface area contributed by atoms with Gasteiger partial charge in [-0.3, -0.25) is 0 Å². The standard InChI is InChI=1S/C25H26N2O3/c1-18-8-11-20(12-9-18)30-15-14-27-22-7-5-4-6-21(22)26-25(27)17-19-10-13-23(28-2)24(16-19)29-3/h4-13,16H,14-15,17H2,1-3H3. The molecule has 0 bridgehead atoms. The minimum Gasteiger partial charge on any atom is -0.493 e. The Morgan fingerprint density at radius 3 is 2.40 bits per heavy atom. The first kappa shape index (κ1) is 19.8. The quantitative estimate of drug-likeness (QED) is 0.415. The van der Waals surface area contributed by atoms with Crippen LogP contribution in [-0.4, -0.2) is 30.4 Å². The van der Waals surface area contributed by atoms with Crippen molar-refractivity contribution in [3.8, 4) is 17.2 Å². The highest BCUT2D eigenvalue weighted by Crippen LogP contribution is 2.29. The van der Waals surface area contributed by atoms with E-state index in [1.807, 2.05) is 48.5 Å². The van der Waals surface area contributed by atoms with Gasteiger partial charge in [0.05, 0.1) is 31.8 Å². The van der Waals surface area contributed by atoms with E-state index in [4.69, 9.17) is 19.2 Å². The predicted octanol–water partition coefficient (Wildman–Crippen LogP) is 5.03. The normalized spacial score (nSPS) is 10.9. The number of hydrogen-bond acceptors (Lipinski definition) is 4. The van der Waals surface area contributed by atoms with Crippen molar-refractivity contribution in [3.63, 3.8) is 0 Å². The molecular weight excluding hydrogens is 376 g/mol. The first-order chi connectivity index (χ1) is 14.7. The van der Waals surface area contributed by atoms with Crippen molar-refractivity contribution in [2.75, 3.05) is 20.8 Å². The largest absolute Gasteiger partial charge is 0.493 e. The number of ether oxygens (including phenoxy) is 3. The molecule has 0 aliphatic rings. The second-order valence-electron chi connectivity index (χ2n) is 7.20. The van der Waals surface area contributed by atoms with Gasteiger partial charge in [-0.2, -0.15) is 0 Å². The van der Waals surface area contributed by atoms with Gasteiger partial charge in [-0.15, -0.1) is 0 Å². The number of rotatable bonds is 8. The molecule has 0 unspecified atom stereocenters. The fourth-order valence-corrected chi connectivity index (χ4v) is 3.57. The first-order valence-corrected chi connectivity index (χ1v) is 10.0. The monoisotopic (exact) mass is 402 g/mol. The Morgan fingerprint density at radius 1 is 0.867 bits per heavy atom. The van der Waals surface area contributed by atoms with Gasteiger partial charge in [0.1, 0.15) is 18.2 Å². The van der Waals surface area contributed by atoms with Crippen molar-refractivity contribution in [1.82, 2.24) is 9.55 Å². The summed E-state index contributed by atoms with van der Waals surface area (Å²) in [6.45, 7) is 3.36. The summed E-state index contributed by atoms with van der Waals surface area (Å²) < 4.78 is 19.0. The third-order valence-electron chi connectivity index (χ3n) is 5.15. The Labute approximate surface area is 176 Å². The van der Waals surface area contributed by atoms with Crippen molar-refractivity contribution in [3.05, 3.63) is 83.7 Å². The van der Waals surface area contributed by atoms with Crippen LogP contribution in [-0.2, 0) is 13.0 Å². The summed E-state index contributed by atoms with van der Waals surface area (Å²) >= 11 is 0. The maximum absolute atomic E-state index is 5.97. The molecule has 1 heterocycles. The van der Waals surface area contributed by atoms with E-state index in [1.165, 1.54) is 5.56 Å². The number of aryl methyl sites for hydroxylation is 1. The molecule has 0 amide bonds. The van der Waals surface area contributed by atoms with Gasteiger partial charge in [0.15, 0.2) is 11.5 Å². The highest BCUT2D eigenvalue weighted by atomic mass is 16.5. The zero-order valence-corrected chi connectivity index (χ0v) is 17.6. The minimum atomic E-state index is 0.572. The molecule has 0 spiro atoms. The molecule has 0 aliphatic carbocycles. The lowest BCUT2D eigenvalue weighted by Crippen LogP contribution is -2.11. The molecule has 4 rings (SSSR count). The Kier molecular flexibility index (Phi) is 5.89. The lowest BCUT2D eigenvalue weighted by molar-refractivity contribution is 0.298. The first-order valence-electron chi connectivity index (χ1n) is 10.0. The van der Waals surface area contributed by atoms with E-state index in [0.717, 1.165) is 46.2 Å². The van der Waals surface area contributed by atoms with Crippen molar-refractivity contribution in [1.29, 1.82) is 0 Å². The SMILES string of the molecule is COc1ccc(Cc2nc3ccccc3n2CCOc2ccc(C)cc2)cc1OC. The van der Waals surface area contributed by atoms with E-state index in [-0.39, 0.29) is 0 Å². The smallest absolute Gasteiger partial charge is 0.161 e. The lowest BCUT2D eigenvalue weighted by Gasteiger charge is -2.12. The van der Waals surface area contributed by atoms with Crippen LogP contribution in [0.15, 0.2) is 66.7 Å². The molecule has 5 nitrogen and oxygen atoms in total. The highest BCUT2D eigenvalue weighted by Gasteiger charge is 2.13. The molecule has 1 aromatic heterocycles. The summed E-state index contributed by atoms with van der Waals surface area (Å²) in [5.41, 5.74) is 4.44. The number of para-hydroxylation sites is 2. The van der Waals surface area contributed by atoms with Crippen molar-refractivity contribution in [2.24, 2.45) is 0 Å². The maximum atomic E-state index is 5.97. The topological polar surface area (TPSA) is 45.5 Å². The number of aromatic nitrogens is 2. The molecule has 0 fully saturated rings. The van der Waals surface area contributed by atoms with Gasteiger partial charge in [-0.1, -0.05) is 35.9 Å². The number of imidazole rings is 1. The second kappa shape index (κ2) is 8.91. The molecule has 154 valence electrons. The van der Waals surface area contributed by atoms with Gasteiger partial charge in [0, 0.05) is 6.42 Å². The maximum Gasteiger partial charge on any atom is 0.161 e. The van der Waals surface area contributed by atoms with E-state index in [9.17, 15) is 0 Å². The van der Waals surface area contributed by atoms with Crippen molar-refractivity contribution < 1.29 is 14.2 Å². The van der Waals surface area contributed by atoms with Gasteiger partial charge < -0.3 is 18.8 Å². The molecule has 5 heteroatoms. The number of nitrogens with zero attached hydrogens (tertiary/aromatic N) is 2. The van der Waals surface area contributed by atoms with Crippen LogP contribution in [0.25, 0.3) is 11.0 Å². The molecule has 0 saturated carbocycles. The van der Waals surface area contributed by atoms with Crippen LogP contribution in [0.3, 0.4) is 0 Å². The Hall–Kier alpha value is -3.47. The van der Waals surface area contributed by atoms with Crippen LogP contribution >= 0.6 is 0 Å². The summed E-state index contributed by atoms with van der Waals surface area (Å²) in [5, 5.41) is 0. The summed E-state index contributed by atoms with van der Waals surface area (Å²) in [7, 11) is 3.30. The Morgan fingerprint density at radius 2 is 1.63 bits per heavy atom. The summed E-state index contributed by atoms with van der Waals surface area (Å²) in [6.07, 6.45) is 0.694. The number of benzene rings is 3. The molecular formula is C25H26N2O3. The predicted molar refractivity (Wildman–Crippen MR) is 119 cm³/mol. The molecule has 0 saturated heterocycles. The fourth-order valence-electron chi connectivity index (χ4n) is 3.57. The van der Waals surface area contributed by atoms with Crippen LogP contribution in [0, 0.1) is 6.92 Å². The fraction of sp³-hybridized carbons (Fsp3) is 0.240. The zero-order chi connectivity index (χ0) is 20.9. The van der Waals surface area contributed by atoms with Crippen LogP contribution in [0.5, 0.6) is 17.2 Å². The molecule has 0 atom stereocenters. The average Bonchev–Trinajstić information content (AvgIpc) is 3.12. The zero-order valence-electron chi connectivity index (χ0n) is 17.6. The van der Waals surface area contributed by atoms with Gasteiger partial charge >= 0.3 is 0 Å². The van der Waals surface area contributed by atoms with E-state index in [0.29, 0.717) is 13.0 Å². The van der Waals surface area contributed by atoms with Crippen LogP contribution in [0.2, 0.25) is 0 Å². The van der Waals surface area contributed by atoms with Gasteiger partial charge in [-0.05, 0) is 48.9 Å². The van der Waals surface area contributed by atoms with Crippen LogP contribution in [0.4, 0.5) is 0 Å². The molecule has 0 radical (unpaired) electrons. The molecule has 30 heavy (non-hydrogen) atoms. The average molecular weight is 402 g/mol. The van der Waals surface area contributed by atoms with E-state index < -0.39 is 0 Å². The lowest BCUT2D eigenvalue weighted by atomic mass is 10.1. The number of hydrogen-bond donors (Lipinski definition) is 0. The number of fused-ring (bicyclic) bond motifs is 1. The van der Waals surface area contributed by atoms with Gasteiger partial charge in [-0.25, -0.2) is 4.98 Å². The molecule has 0 aliphatic heterocycles. The van der Waals surface area contributed by atoms with E-state index in [2.05, 4.69) is 29.7 Å². The second-order valence-corrected chi connectivity index (χ2v) is 7.20. The van der Waals surface area contributed by atoms with Crippen molar-refractivity contribution in [2.45, 2.75) is 19.9 Å². The Bertz CT molecular complexity index is 1130. The summed E-state index contributed by atoms with van der Waals surface area (Å²) in [5.74, 6) is 3.32. The van der Waals surface area contributed by atoms with Gasteiger partial charge in [0.25, 0.3) is 0 Å². The van der Waals surface area contributed by atoms with E-state index in [1.54, 1.807) is 14.2 Å². The Balaban J connectivity index is 1.57. The summed E-state index contributed by atoms with van der Waals surface area (Å²) in [4.78, 5) is 4.88. The van der Waals surface area contributed by atoms with Crippen molar-refractivity contribution >= 4 is 11.0 Å². The minimum absolute atomic E-state index is 0.572. The third-order valence-corrected chi connectivity index (χ3v) is 5.15. The summed E-state index contributed by atoms with van der Waals surface area (Å²) in [6, 6.07) is 22.3. The molecule has 0 N–H and O–H groups in total. The van der Waals surface area contributed by atoms with Gasteiger partial charge in [0.2, 0.25) is 0 Å². The third kappa shape index (κ3) is 4.25. The molecule has 3 aromatic carbocycles. The molecule has 4 aromatic rings. The highest BCUT2D eigenvalue weighted by molar-refractivity contribution is 5.76. The van der Waals surface area contributed by atoms with Crippen LogP contribution < -0.4 is 14.2 Å².